The predicted molar refractivity (Wildman–Crippen MR) is 49.7 cm³/mol. The van der Waals surface area contributed by atoms with Gasteiger partial charge in [0.15, 0.2) is 0 Å². The number of carbonyl (C=O) groups excluding carboxylic acids is 1. The van der Waals surface area contributed by atoms with Crippen molar-refractivity contribution in [1.82, 2.24) is 5.32 Å². The molecule has 0 aromatic rings. The molecule has 0 aromatic carbocycles. The number of amides is 1. The van der Waals surface area contributed by atoms with Gasteiger partial charge in [-0.3, -0.25) is 4.79 Å². The highest BCUT2D eigenvalue weighted by Crippen LogP contribution is 2.36. The lowest BCUT2D eigenvalue weighted by atomic mass is 10.1. The van der Waals surface area contributed by atoms with Gasteiger partial charge in [0.2, 0.25) is 5.91 Å². The largest absolute Gasteiger partial charge is 0.356 e. The highest BCUT2D eigenvalue weighted by Gasteiger charge is 2.27. The van der Waals surface area contributed by atoms with E-state index in [1.165, 1.54) is 12.8 Å². The van der Waals surface area contributed by atoms with Gasteiger partial charge in [0.05, 0.1) is 0 Å². The van der Waals surface area contributed by atoms with Gasteiger partial charge in [-0.2, -0.15) is 0 Å². The normalized spacial score (nSPS) is 19.3. The second-order valence-electron chi connectivity index (χ2n) is 4.21. The van der Waals surface area contributed by atoms with E-state index in [0.29, 0.717) is 5.92 Å². The van der Waals surface area contributed by atoms with Gasteiger partial charge in [0.1, 0.15) is 0 Å². The van der Waals surface area contributed by atoms with Gasteiger partial charge in [-0.05, 0) is 24.7 Å². The van der Waals surface area contributed by atoms with Crippen molar-refractivity contribution in [3.8, 4) is 0 Å². The summed E-state index contributed by atoms with van der Waals surface area (Å²) in [4.78, 5) is 11.2. The molecule has 0 aromatic heterocycles. The molecular weight excluding hydrogens is 150 g/mol. The van der Waals surface area contributed by atoms with Crippen molar-refractivity contribution in [2.24, 2.45) is 17.8 Å². The SMILES string of the molecule is CC(C)C(=O)NCC(C)C1CC1. The number of hydrogen-bond donors (Lipinski definition) is 1. The standard InChI is InChI=1S/C10H19NO/c1-7(2)10(12)11-6-8(3)9-4-5-9/h7-9H,4-6H2,1-3H3,(H,11,12). The first-order chi connectivity index (χ1) is 5.61. The van der Waals surface area contributed by atoms with Gasteiger partial charge in [-0.15, -0.1) is 0 Å². The fourth-order valence-electron chi connectivity index (χ4n) is 1.30. The third kappa shape index (κ3) is 2.84. The minimum Gasteiger partial charge on any atom is -0.356 e. The van der Waals surface area contributed by atoms with E-state index < -0.39 is 0 Å². The molecule has 1 amide bonds. The Hall–Kier alpha value is -0.530. The zero-order chi connectivity index (χ0) is 9.14. The summed E-state index contributed by atoms with van der Waals surface area (Å²) in [6.45, 7) is 6.94. The number of carbonyl (C=O) groups is 1. The molecule has 1 atom stereocenters. The first-order valence-electron chi connectivity index (χ1n) is 4.89. The van der Waals surface area contributed by atoms with Crippen molar-refractivity contribution in [1.29, 1.82) is 0 Å². The summed E-state index contributed by atoms with van der Waals surface area (Å²) in [5.41, 5.74) is 0. The molecule has 0 radical (unpaired) electrons. The van der Waals surface area contributed by atoms with E-state index in [4.69, 9.17) is 0 Å². The molecule has 1 rings (SSSR count). The molecule has 2 heteroatoms. The van der Waals surface area contributed by atoms with Crippen LogP contribution in [0.5, 0.6) is 0 Å². The molecule has 70 valence electrons. The number of nitrogens with one attached hydrogen (secondary N) is 1. The fraction of sp³-hybridized carbons (Fsp3) is 0.900. The van der Waals surface area contributed by atoms with E-state index in [1.807, 2.05) is 13.8 Å². The minimum absolute atomic E-state index is 0.122. The summed E-state index contributed by atoms with van der Waals surface area (Å²) >= 11 is 0. The van der Waals surface area contributed by atoms with Gasteiger partial charge >= 0.3 is 0 Å². The molecule has 0 aliphatic heterocycles. The summed E-state index contributed by atoms with van der Waals surface area (Å²) in [7, 11) is 0. The maximum absolute atomic E-state index is 11.2. The molecule has 2 nitrogen and oxygen atoms in total. The third-order valence-electron chi connectivity index (χ3n) is 2.55. The van der Waals surface area contributed by atoms with Crippen LogP contribution >= 0.6 is 0 Å². The predicted octanol–water partition coefficient (Wildman–Crippen LogP) is 1.80. The van der Waals surface area contributed by atoms with Crippen molar-refractivity contribution >= 4 is 5.91 Å². The van der Waals surface area contributed by atoms with E-state index in [0.717, 1.165) is 12.5 Å². The van der Waals surface area contributed by atoms with Crippen LogP contribution < -0.4 is 5.32 Å². The minimum atomic E-state index is 0.122. The van der Waals surface area contributed by atoms with Crippen LogP contribution in [-0.2, 0) is 4.79 Å². The molecule has 1 aliphatic carbocycles. The van der Waals surface area contributed by atoms with Crippen LogP contribution in [0, 0.1) is 17.8 Å². The smallest absolute Gasteiger partial charge is 0.222 e. The monoisotopic (exact) mass is 169 g/mol. The van der Waals surface area contributed by atoms with Crippen LogP contribution in [0.15, 0.2) is 0 Å². The molecule has 1 N–H and O–H groups in total. The van der Waals surface area contributed by atoms with E-state index in [-0.39, 0.29) is 11.8 Å². The van der Waals surface area contributed by atoms with E-state index in [2.05, 4.69) is 12.2 Å². The summed E-state index contributed by atoms with van der Waals surface area (Å²) in [6.07, 6.45) is 2.72. The molecule has 1 aliphatic rings. The Kier molecular flexibility index (Phi) is 3.12. The lowest BCUT2D eigenvalue weighted by Gasteiger charge is -2.12. The molecule has 0 saturated heterocycles. The molecule has 0 bridgehead atoms. The Morgan fingerprint density at radius 3 is 2.42 bits per heavy atom. The van der Waals surface area contributed by atoms with Gasteiger partial charge in [0.25, 0.3) is 0 Å². The zero-order valence-corrected chi connectivity index (χ0v) is 8.26. The second-order valence-corrected chi connectivity index (χ2v) is 4.21. The average molecular weight is 169 g/mol. The number of hydrogen-bond acceptors (Lipinski definition) is 1. The van der Waals surface area contributed by atoms with Crippen molar-refractivity contribution < 1.29 is 4.79 Å². The van der Waals surface area contributed by atoms with E-state index in [1.54, 1.807) is 0 Å². The summed E-state index contributed by atoms with van der Waals surface area (Å²) in [5.74, 6) is 1.86. The summed E-state index contributed by atoms with van der Waals surface area (Å²) < 4.78 is 0. The van der Waals surface area contributed by atoms with E-state index >= 15 is 0 Å². The van der Waals surface area contributed by atoms with Crippen LogP contribution in [0.3, 0.4) is 0 Å². The summed E-state index contributed by atoms with van der Waals surface area (Å²) in [6, 6.07) is 0. The van der Waals surface area contributed by atoms with Crippen molar-refractivity contribution in [3.63, 3.8) is 0 Å². The maximum atomic E-state index is 11.2. The Bertz CT molecular complexity index is 161. The Balaban J connectivity index is 2.11. The fourth-order valence-corrected chi connectivity index (χ4v) is 1.30. The molecule has 1 unspecified atom stereocenters. The molecule has 12 heavy (non-hydrogen) atoms. The van der Waals surface area contributed by atoms with Crippen LogP contribution in [0.2, 0.25) is 0 Å². The molecule has 0 spiro atoms. The Morgan fingerprint density at radius 2 is 2.00 bits per heavy atom. The molecule has 1 saturated carbocycles. The maximum Gasteiger partial charge on any atom is 0.222 e. The average Bonchev–Trinajstić information content (AvgIpc) is 2.81. The molecular formula is C10H19NO. The highest BCUT2D eigenvalue weighted by atomic mass is 16.1. The van der Waals surface area contributed by atoms with Gasteiger partial charge in [-0.25, -0.2) is 0 Å². The third-order valence-corrected chi connectivity index (χ3v) is 2.55. The topological polar surface area (TPSA) is 29.1 Å². The summed E-state index contributed by atoms with van der Waals surface area (Å²) in [5, 5.41) is 2.96. The van der Waals surface area contributed by atoms with Crippen molar-refractivity contribution in [2.75, 3.05) is 6.54 Å². The van der Waals surface area contributed by atoms with E-state index in [9.17, 15) is 4.79 Å². The lowest BCUT2D eigenvalue weighted by molar-refractivity contribution is -0.124. The lowest BCUT2D eigenvalue weighted by Crippen LogP contribution is -2.32. The first kappa shape index (κ1) is 9.56. The van der Waals surface area contributed by atoms with Crippen molar-refractivity contribution in [3.05, 3.63) is 0 Å². The quantitative estimate of drug-likeness (QED) is 0.683. The van der Waals surface area contributed by atoms with Gasteiger partial charge in [0, 0.05) is 12.5 Å². The van der Waals surface area contributed by atoms with Crippen LogP contribution in [0.4, 0.5) is 0 Å². The van der Waals surface area contributed by atoms with Crippen LogP contribution in [0.1, 0.15) is 33.6 Å². The highest BCUT2D eigenvalue weighted by molar-refractivity contribution is 5.77. The first-order valence-corrected chi connectivity index (χ1v) is 4.89. The Morgan fingerprint density at radius 1 is 1.42 bits per heavy atom. The molecule has 1 fully saturated rings. The Labute approximate surface area is 74.7 Å². The van der Waals surface area contributed by atoms with Crippen LogP contribution in [0.25, 0.3) is 0 Å². The second kappa shape index (κ2) is 3.92. The van der Waals surface area contributed by atoms with Crippen molar-refractivity contribution in [2.45, 2.75) is 33.6 Å². The van der Waals surface area contributed by atoms with Crippen LogP contribution in [-0.4, -0.2) is 12.5 Å². The molecule has 0 heterocycles. The zero-order valence-electron chi connectivity index (χ0n) is 8.26. The van der Waals surface area contributed by atoms with Gasteiger partial charge in [-0.1, -0.05) is 20.8 Å². The number of rotatable bonds is 4. The van der Waals surface area contributed by atoms with Gasteiger partial charge < -0.3 is 5.32 Å².